The van der Waals surface area contributed by atoms with E-state index in [1.807, 2.05) is 6.08 Å². The Bertz CT molecular complexity index is 530. The van der Waals surface area contributed by atoms with E-state index in [1.165, 1.54) is 0 Å². The molecule has 4 aliphatic rings. The molecule has 2 N–H and O–H groups in total. The second-order valence-electron chi connectivity index (χ2n) is 8.55. The Morgan fingerprint density at radius 2 is 1.82 bits per heavy atom. The first-order valence-corrected chi connectivity index (χ1v) is 8.74. The summed E-state index contributed by atoms with van der Waals surface area (Å²) in [6, 6.07) is 0. The van der Waals surface area contributed by atoms with Crippen LogP contribution in [0.2, 0.25) is 0 Å². The number of aliphatic hydroxyl groups excluding tert-OH is 2. The third kappa shape index (κ3) is 1.78. The van der Waals surface area contributed by atoms with Gasteiger partial charge in [0.15, 0.2) is 0 Å². The molecule has 2 fully saturated rings. The Hall–Kier alpha value is -0.670. The lowest BCUT2D eigenvalue weighted by Gasteiger charge is -2.56. The quantitative estimate of drug-likeness (QED) is 0.675. The van der Waals surface area contributed by atoms with Crippen molar-refractivity contribution in [3.63, 3.8) is 0 Å². The minimum atomic E-state index is -1.07. The summed E-state index contributed by atoms with van der Waals surface area (Å²) in [5.74, 6) is 1.48. The Labute approximate surface area is 132 Å². The van der Waals surface area contributed by atoms with Crippen LogP contribution in [0.15, 0.2) is 24.3 Å². The van der Waals surface area contributed by atoms with Crippen molar-refractivity contribution in [1.29, 1.82) is 0 Å². The zero-order valence-electron chi connectivity index (χ0n) is 13.5. The van der Waals surface area contributed by atoms with Crippen molar-refractivity contribution in [3.8, 4) is 0 Å². The van der Waals surface area contributed by atoms with Gasteiger partial charge in [0.05, 0.1) is 12.2 Å². The highest BCUT2D eigenvalue weighted by molar-refractivity contribution is 5.24. The van der Waals surface area contributed by atoms with Crippen LogP contribution in [0.25, 0.3) is 0 Å². The van der Waals surface area contributed by atoms with Crippen LogP contribution in [0, 0.1) is 34.5 Å². The standard InChI is InChI=1S/C19H27FO2/c1-18-7-5-12(21)9-11(18)3-4-13-14(18)6-8-19(2)15(13)10-16(20)17(19)22/h3-5,7,11-17,21-22H,6,8-10H2,1-2H3/t11?,12-,13+,14-,15-,16-,17+,18-,19-/m0/s1. The molecule has 4 rings (SSSR count). The second kappa shape index (κ2) is 4.67. The number of allylic oxidation sites excluding steroid dienone is 3. The minimum absolute atomic E-state index is 0.0688. The summed E-state index contributed by atoms with van der Waals surface area (Å²) in [6.45, 7) is 4.39. The topological polar surface area (TPSA) is 40.5 Å². The number of halogens is 1. The average molecular weight is 306 g/mol. The molecule has 0 bridgehead atoms. The summed E-state index contributed by atoms with van der Waals surface area (Å²) in [5.41, 5.74) is -0.203. The van der Waals surface area contributed by atoms with Gasteiger partial charge in [-0.2, -0.15) is 0 Å². The maximum Gasteiger partial charge on any atom is 0.127 e. The first-order valence-electron chi connectivity index (χ1n) is 8.74. The Kier molecular flexibility index (Phi) is 3.16. The largest absolute Gasteiger partial charge is 0.390 e. The highest BCUT2D eigenvalue weighted by Gasteiger charge is 2.60. The van der Waals surface area contributed by atoms with Gasteiger partial charge in [0, 0.05) is 0 Å². The number of hydrogen-bond acceptors (Lipinski definition) is 2. The normalized spacial score (nSPS) is 59.8. The number of fused-ring (bicyclic) bond motifs is 5. The molecule has 0 aromatic carbocycles. The molecule has 0 aliphatic heterocycles. The third-order valence-electron chi connectivity index (χ3n) is 7.60. The summed E-state index contributed by atoms with van der Waals surface area (Å²) >= 11 is 0. The summed E-state index contributed by atoms with van der Waals surface area (Å²) in [7, 11) is 0. The SMILES string of the molecule is C[C@]12CC[C@H]3[C@@H](C=CC4C[C@@H](O)C=C[C@@]43C)[C@@H]1C[C@H](F)[C@H]2O. The third-order valence-corrected chi connectivity index (χ3v) is 7.60. The number of aliphatic hydroxyl groups is 2. The fraction of sp³-hybridized carbons (Fsp3) is 0.789. The lowest BCUT2D eigenvalue weighted by molar-refractivity contribution is -0.0651. The van der Waals surface area contributed by atoms with Crippen LogP contribution in [0.1, 0.15) is 39.5 Å². The van der Waals surface area contributed by atoms with E-state index in [1.54, 1.807) is 0 Å². The Morgan fingerprint density at radius 3 is 2.59 bits per heavy atom. The van der Waals surface area contributed by atoms with Crippen LogP contribution < -0.4 is 0 Å². The molecule has 0 heterocycles. The van der Waals surface area contributed by atoms with E-state index in [-0.39, 0.29) is 22.9 Å². The minimum Gasteiger partial charge on any atom is -0.390 e. The summed E-state index contributed by atoms with van der Waals surface area (Å²) in [6.07, 6.45) is 9.74. The molecule has 0 aromatic rings. The first kappa shape index (κ1) is 14.9. The molecule has 122 valence electrons. The fourth-order valence-corrected chi connectivity index (χ4v) is 6.12. The van der Waals surface area contributed by atoms with Gasteiger partial charge in [-0.15, -0.1) is 0 Å². The predicted octanol–water partition coefficient (Wildman–Crippen LogP) is 3.25. The maximum atomic E-state index is 14.2. The molecule has 0 amide bonds. The van der Waals surface area contributed by atoms with Crippen molar-refractivity contribution in [2.24, 2.45) is 34.5 Å². The summed E-state index contributed by atoms with van der Waals surface area (Å²) in [4.78, 5) is 0. The lowest BCUT2D eigenvalue weighted by Crippen LogP contribution is -2.51. The van der Waals surface area contributed by atoms with E-state index in [0.717, 1.165) is 19.3 Å². The van der Waals surface area contributed by atoms with E-state index in [9.17, 15) is 14.6 Å². The molecule has 0 spiro atoms. The van der Waals surface area contributed by atoms with Crippen LogP contribution in [0.4, 0.5) is 4.39 Å². The van der Waals surface area contributed by atoms with Crippen molar-refractivity contribution in [1.82, 2.24) is 0 Å². The van der Waals surface area contributed by atoms with Crippen molar-refractivity contribution in [3.05, 3.63) is 24.3 Å². The van der Waals surface area contributed by atoms with Crippen molar-refractivity contribution in [2.75, 3.05) is 0 Å². The average Bonchev–Trinajstić information content (AvgIpc) is 2.72. The fourth-order valence-electron chi connectivity index (χ4n) is 6.12. The van der Waals surface area contributed by atoms with Gasteiger partial charge in [0.25, 0.3) is 0 Å². The van der Waals surface area contributed by atoms with Crippen LogP contribution >= 0.6 is 0 Å². The summed E-state index contributed by atoms with van der Waals surface area (Å²) < 4.78 is 14.2. The molecule has 9 atom stereocenters. The van der Waals surface area contributed by atoms with E-state index < -0.39 is 12.3 Å². The van der Waals surface area contributed by atoms with Crippen molar-refractivity contribution >= 4 is 0 Å². The maximum absolute atomic E-state index is 14.2. The van der Waals surface area contributed by atoms with Crippen molar-refractivity contribution in [2.45, 2.75) is 57.9 Å². The molecular weight excluding hydrogens is 279 g/mol. The smallest absolute Gasteiger partial charge is 0.127 e. The molecule has 0 saturated heterocycles. The molecular formula is C19H27FO2. The molecule has 2 saturated carbocycles. The molecule has 0 radical (unpaired) electrons. The molecule has 1 unspecified atom stereocenters. The molecule has 22 heavy (non-hydrogen) atoms. The Morgan fingerprint density at radius 1 is 1.05 bits per heavy atom. The van der Waals surface area contributed by atoms with Gasteiger partial charge in [-0.3, -0.25) is 0 Å². The Balaban J connectivity index is 1.71. The van der Waals surface area contributed by atoms with Gasteiger partial charge in [0.1, 0.15) is 6.17 Å². The highest BCUT2D eigenvalue weighted by atomic mass is 19.1. The number of rotatable bonds is 0. The van der Waals surface area contributed by atoms with Crippen LogP contribution in [0.3, 0.4) is 0 Å². The van der Waals surface area contributed by atoms with Crippen molar-refractivity contribution < 1.29 is 14.6 Å². The predicted molar refractivity (Wildman–Crippen MR) is 83.8 cm³/mol. The van der Waals surface area contributed by atoms with E-state index >= 15 is 0 Å². The molecule has 3 heteroatoms. The van der Waals surface area contributed by atoms with Crippen LogP contribution in [0.5, 0.6) is 0 Å². The highest BCUT2D eigenvalue weighted by Crippen LogP contribution is 2.63. The van der Waals surface area contributed by atoms with E-state index in [2.05, 4.69) is 32.1 Å². The lowest BCUT2D eigenvalue weighted by atomic mass is 9.48. The van der Waals surface area contributed by atoms with E-state index in [0.29, 0.717) is 24.2 Å². The zero-order valence-corrected chi connectivity index (χ0v) is 13.5. The molecule has 2 nitrogen and oxygen atoms in total. The molecule has 0 aromatic heterocycles. The van der Waals surface area contributed by atoms with Crippen LogP contribution in [-0.4, -0.2) is 28.6 Å². The zero-order chi connectivity index (χ0) is 15.7. The van der Waals surface area contributed by atoms with Gasteiger partial charge in [-0.05, 0) is 60.2 Å². The number of hydrogen-bond donors (Lipinski definition) is 2. The van der Waals surface area contributed by atoms with E-state index in [4.69, 9.17) is 0 Å². The number of alkyl halides is 1. The van der Waals surface area contributed by atoms with Gasteiger partial charge in [-0.1, -0.05) is 38.2 Å². The van der Waals surface area contributed by atoms with Crippen LogP contribution in [-0.2, 0) is 0 Å². The van der Waals surface area contributed by atoms with Gasteiger partial charge in [0.2, 0.25) is 0 Å². The molecule has 4 aliphatic carbocycles. The van der Waals surface area contributed by atoms with Gasteiger partial charge < -0.3 is 10.2 Å². The monoisotopic (exact) mass is 306 g/mol. The van der Waals surface area contributed by atoms with Gasteiger partial charge in [-0.25, -0.2) is 4.39 Å². The first-order chi connectivity index (χ1) is 10.4. The summed E-state index contributed by atoms with van der Waals surface area (Å²) in [5, 5.41) is 20.2. The second-order valence-corrected chi connectivity index (χ2v) is 8.55. The van der Waals surface area contributed by atoms with Gasteiger partial charge >= 0.3 is 0 Å².